The molecule has 0 atom stereocenters. The van der Waals surface area contributed by atoms with Crippen molar-refractivity contribution in [3.8, 4) is 11.5 Å². The maximum Gasteiger partial charge on any atom is 0.203 e. The van der Waals surface area contributed by atoms with Crippen molar-refractivity contribution in [3.05, 3.63) is 89.0 Å². The summed E-state index contributed by atoms with van der Waals surface area (Å²) in [6, 6.07) is 23.5. The first kappa shape index (κ1) is 23.8. The highest BCUT2D eigenvalue weighted by molar-refractivity contribution is 6.30. The third-order valence-electron chi connectivity index (χ3n) is 5.16. The van der Waals surface area contributed by atoms with E-state index >= 15 is 0 Å². The Morgan fingerprint density at radius 2 is 1.44 bits per heavy atom. The summed E-state index contributed by atoms with van der Waals surface area (Å²) in [6.07, 6.45) is 0.799. The summed E-state index contributed by atoms with van der Waals surface area (Å²) in [5, 5.41) is 9.43. The van der Waals surface area contributed by atoms with Crippen LogP contribution in [-0.4, -0.2) is 22.3 Å². The number of nitrogens with zero attached hydrogens (tertiary/aromatic N) is 2. The van der Waals surface area contributed by atoms with Crippen molar-refractivity contribution in [1.82, 2.24) is 9.13 Å². The van der Waals surface area contributed by atoms with Crippen molar-refractivity contribution in [3.63, 3.8) is 0 Å². The molecular formula is C25H27Cl2N3O2. The zero-order chi connectivity index (χ0) is 21.6. The van der Waals surface area contributed by atoms with Gasteiger partial charge in [0.25, 0.3) is 0 Å². The Kier molecular flexibility index (Phi) is 8.26. The van der Waals surface area contributed by atoms with Crippen LogP contribution in [0.2, 0.25) is 5.02 Å². The minimum atomic E-state index is 0. The molecule has 1 heterocycles. The van der Waals surface area contributed by atoms with E-state index in [-0.39, 0.29) is 12.4 Å². The Morgan fingerprint density at radius 1 is 0.781 bits per heavy atom. The Balaban J connectivity index is 0.00000289. The number of halogens is 2. The summed E-state index contributed by atoms with van der Waals surface area (Å²) in [4.78, 5) is 0. The average molecular weight is 472 g/mol. The summed E-state index contributed by atoms with van der Waals surface area (Å²) in [6.45, 7) is 4.45. The van der Waals surface area contributed by atoms with Gasteiger partial charge in [0.2, 0.25) is 5.62 Å². The SMILES string of the molecule is Cc1cccc(OCCn2c(=N)n(CCCOc3ccc(Cl)cc3)c3ccccc32)c1.Cl. The lowest BCUT2D eigenvalue weighted by Crippen LogP contribution is -2.27. The molecule has 0 aliphatic heterocycles. The standard InChI is InChI=1S/C25H26ClN3O2.ClH/c1-19-6-4-7-22(18-19)31-17-15-29-24-9-3-2-8-23(24)28(25(29)27)14-5-16-30-21-12-10-20(26)11-13-21;/h2-4,6-13,18,27H,5,14-17H2,1H3;1H. The number of fused-ring (bicyclic) bond motifs is 1. The lowest BCUT2D eigenvalue weighted by Gasteiger charge is -2.09. The van der Waals surface area contributed by atoms with Crippen molar-refractivity contribution in [2.75, 3.05) is 13.2 Å². The molecule has 0 amide bonds. The number of aryl methyl sites for hydroxylation is 2. The smallest absolute Gasteiger partial charge is 0.203 e. The molecule has 7 heteroatoms. The normalized spacial score (nSPS) is 10.7. The van der Waals surface area contributed by atoms with Gasteiger partial charge < -0.3 is 18.6 Å². The number of hydrogen-bond acceptors (Lipinski definition) is 3. The third kappa shape index (κ3) is 5.67. The lowest BCUT2D eigenvalue weighted by molar-refractivity contribution is 0.292. The Labute approximate surface area is 199 Å². The fraction of sp³-hybridized carbons (Fsp3) is 0.240. The summed E-state index contributed by atoms with van der Waals surface area (Å²) >= 11 is 5.92. The fourth-order valence-electron chi connectivity index (χ4n) is 3.65. The Hall–Kier alpha value is -2.89. The van der Waals surface area contributed by atoms with Crippen LogP contribution in [0.1, 0.15) is 12.0 Å². The van der Waals surface area contributed by atoms with E-state index in [9.17, 15) is 0 Å². The summed E-state index contributed by atoms with van der Waals surface area (Å²) in [5.74, 6) is 1.66. The monoisotopic (exact) mass is 471 g/mol. The van der Waals surface area contributed by atoms with Gasteiger partial charge in [-0.25, -0.2) is 0 Å². The average Bonchev–Trinajstić information content (AvgIpc) is 3.04. The second-order valence-electron chi connectivity index (χ2n) is 7.44. The number of ether oxygens (including phenoxy) is 2. The number of para-hydroxylation sites is 2. The molecule has 5 nitrogen and oxygen atoms in total. The maximum atomic E-state index is 8.73. The van der Waals surface area contributed by atoms with Crippen LogP contribution < -0.4 is 15.1 Å². The van der Waals surface area contributed by atoms with E-state index in [0.717, 1.165) is 29.0 Å². The van der Waals surface area contributed by atoms with E-state index < -0.39 is 0 Å². The van der Waals surface area contributed by atoms with Gasteiger partial charge in [0.1, 0.15) is 18.1 Å². The van der Waals surface area contributed by atoms with Crippen molar-refractivity contribution in [2.24, 2.45) is 0 Å². The van der Waals surface area contributed by atoms with Gasteiger partial charge in [-0.2, -0.15) is 0 Å². The molecule has 0 radical (unpaired) electrons. The summed E-state index contributed by atoms with van der Waals surface area (Å²) in [5.41, 5.74) is 3.73. The quantitative estimate of drug-likeness (QED) is 0.311. The first-order chi connectivity index (χ1) is 15.1. The van der Waals surface area contributed by atoms with Crippen LogP contribution in [0.4, 0.5) is 0 Å². The van der Waals surface area contributed by atoms with Gasteiger partial charge >= 0.3 is 0 Å². The van der Waals surface area contributed by atoms with Crippen molar-refractivity contribution in [2.45, 2.75) is 26.4 Å². The number of rotatable bonds is 9. The molecule has 0 aliphatic carbocycles. The van der Waals surface area contributed by atoms with E-state index in [1.54, 1.807) is 0 Å². The molecule has 1 N–H and O–H groups in total. The number of aromatic nitrogens is 2. The molecule has 0 saturated heterocycles. The van der Waals surface area contributed by atoms with Gasteiger partial charge in [-0.1, -0.05) is 35.9 Å². The fourth-order valence-corrected chi connectivity index (χ4v) is 3.78. The highest BCUT2D eigenvalue weighted by Gasteiger charge is 2.10. The molecule has 0 spiro atoms. The number of imidazole rings is 1. The van der Waals surface area contributed by atoms with Gasteiger partial charge in [-0.3, -0.25) is 5.41 Å². The minimum absolute atomic E-state index is 0. The highest BCUT2D eigenvalue weighted by atomic mass is 35.5. The zero-order valence-electron chi connectivity index (χ0n) is 18.0. The number of benzene rings is 3. The zero-order valence-corrected chi connectivity index (χ0v) is 19.5. The topological polar surface area (TPSA) is 52.2 Å². The molecule has 4 rings (SSSR count). The lowest BCUT2D eigenvalue weighted by atomic mass is 10.2. The maximum absolute atomic E-state index is 8.73. The van der Waals surface area contributed by atoms with E-state index in [4.69, 9.17) is 26.5 Å². The molecule has 4 aromatic rings. The van der Waals surface area contributed by atoms with Crippen LogP contribution >= 0.6 is 24.0 Å². The summed E-state index contributed by atoms with van der Waals surface area (Å²) < 4.78 is 15.8. The molecule has 168 valence electrons. The molecule has 0 fully saturated rings. The van der Waals surface area contributed by atoms with Gasteiger partial charge in [0.15, 0.2) is 0 Å². The van der Waals surface area contributed by atoms with Gasteiger partial charge in [0, 0.05) is 11.6 Å². The number of nitrogens with one attached hydrogen (secondary N) is 1. The highest BCUT2D eigenvalue weighted by Crippen LogP contribution is 2.17. The molecule has 3 aromatic carbocycles. The van der Waals surface area contributed by atoms with Gasteiger partial charge in [-0.15, -0.1) is 12.4 Å². The second kappa shape index (κ2) is 11.1. The van der Waals surface area contributed by atoms with Crippen LogP contribution in [0, 0.1) is 12.3 Å². The Bertz CT molecular complexity index is 1220. The minimum Gasteiger partial charge on any atom is -0.494 e. The van der Waals surface area contributed by atoms with Crippen LogP contribution in [0.3, 0.4) is 0 Å². The van der Waals surface area contributed by atoms with E-state index in [2.05, 4.69) is 12.1 Å². The first-order valence-corrected chi connectivity index (χ1v) is 10.8. The molecular weight excluding hydrogens is 445 g/mol. The molecule has 0 aliphatic rings. The first-order valence-electron chi connectivity index (χ1n) is 10.4. The molecule has 0 bridgehead atoms. The largest absolute Gasteiger partial charge is 0.494 e. The molecule has 32 heavy (non-hydrogen) atoms. The van der Waals surface area contributed by atoms with Gasteiger partial charge in [-0.05, 0) is 67.4 Å². The van der Waals surface area contributed by atoms with E-state index in [1.165, 1.54) is 5.56 Å². The predicted molar refractivity (Wildman–Crippen MR) is 131 cm³/mol. The molecule has 1 aromatic heterocycles. The number of hydrogen-bond donors (Lipinski definition) is 1. The van der Waals surface area contributed by atoms with Crippen molar-refractivity contribution in [1.29, 1.82) is 5.41 Å². The van der Waals surface area contributed by atoms with Crippen molar-refractivity contribution >= 4 is 35.0 Å². The van der Waals surface area contributed by atoms with Crippen LogP contribution in [-0.2, 0) is 13.1 Å². The van der Waals surface area contributed by atoms with Crippen molar-refractivity contribution < 1.29 is 9.47 Å². The van der Waals surface area contributed by atoms with Gasteiger partial charge in [0.05, 0.1) is 24.2 Å². The van der Waals surface area contributed by atoms with Crippen LogP contribution in [0.15, 0.2) is 72.8 Å². The summed E-state index contributed by atoms with van der Waals surface area (Å²) in [7, 11) is 0. The van der Waals surface area contributed by atoms with Crippen LogP contribution in [0.25, 0.3) is 11.0 Å². The molecule has 0 unspecified atom stereocenters. The second-order valence-corrected chi connectivity index (χ2v) is 7.87. The third-order valence-corrected chi connectivity index (χ3v) is 5.41. The van der Waals surface area contributed by atoms with E-state index in [1.807, 2.05) is 76.7 Å². The predicted octanol–water partition coefficient (Wildman–Crippen LogP) is 5.85. The molecule has 0 saturated carbocycles. The van der Waals surface area contributed by atoms with Crippen LogP contribution in [0.5, 0.6) is 11.5 Å². The van der Waals surface area contributed by atoms with E-state index in [0.29, 0.717) is 36.9 Å². The Morgan fingerprint density at radius 3 is 2.12 bits per heavy atom.